The van der Waals surface area contributed by atoms with Crippen molar-refractivity contribution in [2.45, 2.75) is 52.7 Å². The second-order valence-corrected chi connectivity index (χ2v) is 7.42. The molecule has 0 saturated carbocycles. The molecule has 152 valence electrons. The van der Waals surface area contributed by atoms with Gasteiger partial charge in [0.05, 0.1) is 6.54 Å². The van der Waals surface area contributed by atoms with Crippen LogP contribution in [0.1, 0.15) is 43.6 Å². The van der Waals surface area contributed by atoms with Crippen LogP contribution in [0, 0.1) is 6.92 Å². The molecule has 1 aromatic heterocycles. The van der Waals surface area contributed by atoms with E-state index in [-0.39, 0.29) is 0 Å². The quantitative estimate of drug-likeness (QED) is 0.544. The van der Waals surface area contributed by atoms with E-state index in [1.54, 1.807) is 0 Å². The Labute approximate surface area is 169 Å². The summed E-state index contributed by atoms with van der Waals surface area (Å²) < 4.78 is 2.16. The van der Waals surface area contributed by atoms with Crippen LogP contribution in [0.25, 0.3) is 0 Å². The van der Waals surface area contributed by atoms with E-state index in [9.17, 15) is 0 Å². The molecule has 2 heterocycles. The van der Waals surface area contributed by atoms with Gasteiger partial charge in [-0.1, -0.05) is 31.2 Å². The fourth-order valence-electron chi connectivity index (χ4n) is 3.86. The average Bonchev–Trinajstić information content (AvgIpc) is 3.33. The Hall–Kier alpha value is -2.34. The van der Waals surface area contributed by atoms with Crippen LogP contribution in [0.2, 0.25) is 0 Å². The van der Waals surface area contributed by atoms with E-state index in [4.69, 9.17) is 4.99 Å². The minimum atomic E-state index is 0.621. The first kappa shape index (κ1) is 20.4. The highest BCUT2D eigenvalue weighted by Gasteiger charge is 2.22. The van der Waals surface area contributed by atoms with Crippen molar-refractivity contribution in [1.29, 1.82) is 0 Å². The molecule has 0 aliphatic carbocycles. The molecule has 0 radical (unpaired) electrons. The van der Waals surface area contributed by atoms with Crippen LogP contribution >= 0.6 is 0 Å². The van der Waals surface area contributed by atoms with E-state index >= 15 is 0 Å². The topological polar surface area (TPSA) is 57.5 Å². The number of hydrogen-bond donors (Lipinski definition) is 2. The summed E-state index contributed by atoms with van der Waals surface area (Å²) in [6.45, 7) is 12.1. The first-order chi connectivity index (χ1) is 13.7. The maximum Gasteiger partial charge on any atom is 0.191 e. The fourth-order valence-corrected chi connectivity index (χ4v) is 3.86. The number of nitrogens with one attached hydrogen (secondary N) is 2. The first-order valence-electron chi connectivity index (χ1n) is 10.5. The smallest absolute Gasteiger partial charge is 0.191 e. The molecule has 6 heteroatoms. The molecule has 6 nitrogen and oxygen atoms in total. The summed E-state index contributed by atoms with van der Waals surface area (Å²) in [5.74, 6) is 1.94. The summed E-state index contributed by atoms with van der Waals surface area (Å²) in [5.41, 5.74) is 2.50. The van der Waals surface area contributed by atoms with Gasteiger partial charge in [0.15, 0.2) is 5.96 Å². The number of aromatic nitrogens is 2. The highest BCUT2D eigenvalue weighted by atomic mass is 15.2. The van der Waals surface area contributed by atoms with Crippen molar-refractivity contribution in [1.82, 2.24) is 25.1 Å². The maximum atomic E-state index is 4.81. The molecule has 1 fully saturated rings. The number of hydrogen-bond acceptors (Lipinski definition) is 3. The maximum absolute atomic E-state index is 4.81. The number of nitrogens with zero attached hydrogens (tertiary/aromatic N) is 4. The van der Waals surface area contributed by atoms with Gasteiger partial charge in [0, 0.05) is 38.1 Å². The van der Waals surface area contributed by atoms with Crippen LogP contribution in [0.3, 0.4) is 0 Å². The molecule has 1 aliphatic rings. The molecule has 1 atom stereocenters. The summed E-state index contributed by atoms with van der Waals surface area (Å²) in [4.78, 5) is 11.7. The number of aryl methyl sites for hydroxylation is 1. The van der Waals surface area contributed by atoms with Crippen LogP contribution in [-0.2, 0) is 13.1 Å². The SMILES string of the molecule is CCNC(=NCc1cccc(Cn2ccnc2C)c1)NCC1CCCN1CC. The third kappa shape index (κ3) is 5.58. The number of rotatable bonds is 8. The zero-order valence-corrected chi connectivity index (χ0v) is 17.5. The van der Waals surface area contributed by atoms with Gasteiger partial charge in [0.1, 0.15) is 5.82 Å². The monoisotopic (exact) mass is 382 g/mol. The van der Waals surface area contributed by atoms with E-state index in [0.717, 1.165) is 38.0 Å². The Bertz CT molecular complexity index is 766. The molecule has 1 unspecified atom stereocenters. The Morgan fingerprint density at radius 1 is 1.25 bits per heavy atom. The van der Waals surface area contributed by atoms with Crippen molar-refractivity contribution in [3.8, 4) is 0 Å². The van der Waals surface area contributed by atoms with Gasteiger partial charge in [-0.15, -0.1) is 0 Å². The van der Waals surface area contributed by atoms with Gasteiger partial charge < -0.3 is 15.2 Å². The summed E-state index contributed by atoms with van der Waals surface area (Å²) in [6.07, 6.45) is 6.45. The van der Waals surface area contributed by atoms with Gasteiger partial charge in [0.25, 0.3) is 0 Å². The molecule has 1 aromatic carbocycles. The minimum absolute atomic E-state index is 0.621. The van der Waals surface area contributed by atoms with E-state index in [1.165, 1.54) is 30.5 Å². The number of imidazole rings is 1. The molecule has 28 heavy (non-hydrogen) atoms. The van der Waals surface area contributed by atoms with E-state index < -0.39 is 0 Å². The van der Waals surface area contributed by atoms with Gasteiger partial charge in [-0.05, 0) is 50.9 Å². The van der Waals surface area contributed by atoms with Gasteiger partial charge in [-0.3, -0.25) is 4.90 Å². The lowest BCUT2D eigenvalue weighted by molar-refractivity contribution is 0.267. The molecule has 2 N–H and O–H groups in total. The van der Waals surface area contributed by atoms with Crippen molar-refractivity contribution >= 4 is 5.96 Å². The van der Waals surface area contributed by atoms with Crippen molar-refractivity contribution in [2.75, 3.05) is 26.2 Å². The zero-order chi connectivity index (χ0) is 19.8. The number of aliphatic imine (C=N–C) groups is 1. The van der Waals surface area contributed by atoms with Crippen molar-refractivity contribution in [2.24, 2.45) is 4.99 Å². The summed E-state index contributed by atoms with van der Waals surface area (Å²) >= 11 is 0. The van der Waals surface area contributed by atoms with Crippen LogP contribution in [0.5, 0.6) is 0 Å². The summed E-state index contributed by atoms with van der Waals surface area (Å²) in [6, 6.07) is 9.28. The van der Waals surface area contributed by atoms with Gasteiger partial charge in [-0.25, -0.2) is 9.98 Å². The largest absolute Gasteiger partial charge is 0.357 e. The zero-order valence-electron chi connectivity index (χ0n) is 17.5. The highest BCUT2D eigenvalue weighted by molar-refractivity contribution is 5.79. The van der Waals surface area contributed by atoms with Crippen LogP contribution < -0.4 is 10.6 Å². The third-order valence-corrected chi connectivity index (χ3v) is 5.44. The van der Waals surface area contributed by atoms with Crippen molar-refractivity contribution < 1.29 is 0 Å². The number of likely N-dealkylation sites (tertiary alicyclic amines) is 1. The highest BCUT2D eigenvalue weighted by Crippen LogP contribution is 2.15. The van der Waals surface area contributed by atoms with Crippen molar-refractivity contribution in [3.05, 3.63) is 53.6 Å². The number of likely N-dealkylation sites (N-methyl/N-ethyl adjacent to an activating group) is 1. The third-order valence-electron chi connectivity index (χ3n) is 5.44. The average molecular weight is 383 g/mol. The van der Waals surface area contributed by atoms with Crippen LogP contribution in [0.4, 0.5) is 0 Å². The number of benzene rings is 1. The predicted octanol–water partition coefficient (Wildman–Crippen LogP) is 2.78. The second-order valence-electron chi connectivity index (χ2n) is 7.42. The molecule has 0 spiro atoms. The predicted molar refractivity (Wildman–Crippen MR) is 116 cm³/mol. The fraction of sp³-hybridized carbons (Fsp3) is 0.545. The van der Waals surface area contributed by atoms with E-state index in [1.807, 2.05) is 19.3 Å². The Balaban J connectivity index is 1.59. The summed E-state index contributed by atoms with van der Waals surface area (Å²) in [7, 11) is 0. The first-order valence-corrected chi connectivity index (χ1v) is 10.5. The van der Waals surface area contributed by atoms with Gasteiger partial charge in [-0.2, -0.15) is 0 Å². The van der Waals surface area contributed by atoms with E-state index in [0.29, 0.717) is 12.6 Å². The Morgan fingerprint density at radius 3 is 2.86 bits per heavy atom. The van der Waals surface area contributed by atoms with Gasteiger partial charge in [0.2, 0.25) is 0 Å². The van der Waals surface area contributed by atoms with Crippen LogP contribution in [0.15, 0.2) is 41.7 Å². The summed E-state index contributed by atoms with van der Waals surface area (Å²) in [5, 5.41) is 6.92. The molecule has 1 aliphatic heterocycles. The Kier molecular flexibility index (Phi) is 7.48. The lowest BCUT2D eigenvalue weighted by Crippen LogP contribution is -2.44. The molecule has 1 saturated heterocycles. The number of guanidine groups is 1. The molecular formula is C22H34N6. The van der Waals surface area contributed by atoms with Crippen molar-refractivity contribution in [3.63, 3.8) is 0 Å². The normalized spacial score (nSPS) is 17.8. The molecule has 2 aromatic rings. The minimum Gasteiger partial charge on any atom is -0.357 e. The molecule has 3 rings (SSSR count). The van der Waals surface area contributed by atoms with Crippen LogP contribution in [-0.4, -0.2) is 52.6 Å². The van der Waals surface area contributed by atoms with Gasteiger partial charge >= 0.3 is 0 Å². The van der Waals surface area contributed by atoms with E-state index in [2.05, 4.69) is 63.2 Å². The molecule has 0 amide bonds. The lowest BCUT2D eigenvalue weighted by Gasteiger charge is -2.24. The molecular weight excluding hydrogens is 348 g/mol. The lowest BCUT2D eigenvalue weighted by atomic mass is 10.1. The molecule has 0 bridgehead atoms. The second kappa shape index (κ2) is 10.3. The standard InChI is InChI=1S/C22H34N6/c1-4-23-22(26-16-21-10-7-12-27(21)5-2)25-15-19-8-6-9-20(14-19)17-28-13-11-24-18(28)3/h6,8-9,11,13-14,21H,4-5,7,10,12,15-17H2,1-3H3,(H2,23,25,26). The Morgan fingerprint density at radius 2 is 2.11 bits per heavy atom.